The van der Waals surface area contributed by atoms with E-state index in [9.17, 15) is 4.79 Å². The van der Waals surface area contributed by atoms with Gasteiger partial charge >= 0.3 is 5.97 Å². The van der Waals surface area contributed by atoms with Crippen molar-refractivity contribution in [2.45, 2.75) is 6.92 Å². The molecule has 0 spiro atoms. The van der Waals surface area contributed by atoms with Crippen molar-refractivity contribution in [3.05, 3.63) is 59.5 Å². The summed E-state index contributed by atoms with van der Waals surface area (Å²) in [5.74, 6) is 0.420. The highest BCUT2D eigenvalue weighted by Gasteiger charge is 2.20. The highest BCUT2D eigenvalue weighted by molar-refractivity contribution is 7.18. The van der Waals surface area contributed by atoms with Gasteiger partial charge in [0.05, 0.1) is 19.4 Å². The summed E-state index contributed by atoms with van der Waals surface area (Å²) in [5, 5.41) is 3.86. The Balaban J connectivity index is 1.93. The number of aromatic nitrogens is 1. The van der Waals surface area contributed by atoms with Crippen LogP contribution >= 0.6 is 11.3 Å². The summed E-state index contributed by atoms with van der Waals surface area (Å²) in [4.78, 5) is 17.4. The third-order valence-corrected chi connectivity index (χ3v) is 4.43. The van der Waals surface area contributed by atoms with Crippen LogP contribution in [-0.2, 0) is 4.74 Å². The van der Waals surface area contributed by atoms with E-state index in [1.807, 2.05) is 54.6 Å². The first-order valence-electron chi connectivity index (χ1n) is 7.85. The zero-order valence-corrected chi connectivity index (χ0v) is 14.8. The number of esters is 1. The quantitative estimate of drug-likeness (QED) is 0.648. The van der Waals surface area contributed by atoms with Gasteiger partial charge in [0, 0.05) is 11.3 Å². The third kappa shape index (κ3) is 3.97. The number of rotatable bonds is 6. The number of hydrogen-bond donors (Lipinski definition) is 1. The molecule has 1 aromatic heterocycles. The molecule has 3 aromatic rings. The standard InChI is InChI=1S/C19H18N2O3S/c1-3-24-18(22)17-16(13-7-5-4-6-8-13)21-19(25-17)20-14-9-11-15(23-2)12-10-14/h4-12H,3H2,1-2H3,(H,20,21). The van der Waals surface area contributed by atoms with E-state index in [0.29, 0.717) is 22.3 Å². The molecule has 2 aromatic carbocycles. The molecule has 0 unspecified atom stereocenters. The van der Waals surface area contributed by atoms with Crippen LogP contribution in [0.5, 0.6) is 5.75 Å². The van der Waals surface area contributed by atoms with Crippen LogP contribution in [0.25, 0.3) is 11.3 Å². The molecule has 5 nitrogen and oxygen atoms in total. The lowest BCUT2D eigenvalue weighted by Crippen LogP contribution is -2.03. The summed E-state index contributed by atoms with van der Waals surface area (Å²) in [7, 11) is 1.63. The summed E-state index contributed by atoms with van der Waals surface area (Å²) >= 11 is 1.28. The Morgan fingerprint density at radius 2 is 1.84 bits per heavy atom. The van der Waals surface area contributed by atoms with Gasteiger partial charge in [0.25, 0.3) is 0 Å². The fourth-order valence-corrected chi connectivity index (χ4v) is 3.20. The van der Waals surface area contributed by atoms with Gasteiger partial charge in [0.1, 0.15) is 10.6 Å². The summed E-state index contributed by atoms with van der Waals surface area (Å²) in [6.45, 7) is 2.11. The van der Waals surface area contributed by atoms with Gasteiger partial charge < -0.3 is 14.8 Å². The molecule has 3 rings (SSSR count). The number of carbonyl (C=O) groups excluding carboxylic acids is 1. The number of carbonyl (C=O) groups is 1. The van der Waals surface area contributed by atoms with E-state index in [4.69, 9.17) is 9.47 Å². The number of methoxy groups -OCH3 is 1. The molecular weight excluding hydrogens is 336 g/mol. The van der Waals surface area contributed by atoms with E-state index >= 15 is 0 Å². The molecule has 25 heavy (non-hydrogen) atoms. The van der Waals surface area contributed by atoms with Crippen LogP contribution in [0.4, 0.5) is 10.8 Å². The number of benzene rings is 2. The topological polar surface area (TPSA) is 60.5 Å². The largest absolute Gasteiger partial charge is 0.497 e. The minimum atomic E-state index is -0.360. The first-order valence-corrected chi connectivity index (χ1v) is 8.67. The number of nitrogens with one attached hydrogen (secondary N) is 1. The van der Waals surface area contributed by atoms with E-state index in [-0.39, 0.29) is 5.97 Å². The molecule has 0 saturated heterocycles. The van der Waals surface area contributed by atoms with Crippen molar-refractivity contribution < 1.29 is 14.3 Å². The van der Waals surface area contributed by atoms with Crippen LogP contribution in [0.15, 0.2) is 54.6 Å². The van der Waals surface area contributed by atoms with E-state index < -0.39 is 0 Å². The van der Waals surface area contributed by atoms with Crippen LogP contribution in [-0.4, -0.2) is 24.7 Å². The van der Waals surface area contributed by atoms with Crippen molar-refractivity contribution >= 4 is 28.1 Å². The smallest absolute Gasteiger partial charge is 0.350 e. The van der Waals surface area contributed by atoms with Gasteiger partial charge in [-0.3, -0.25) is 0 Å². The molecule has 128 valence electrons. The van der Waals surface area contributed by atoms with Crippen molar-refractivity contribution in [3.8, 4) is 17.0 Å². The van der Waals surface area contributed by atoms with Gasteiger partial charge in [0.15, 0.2) is 5.13 Å². The van der Waals surface area contributed by atoms with Crippen molar-refractivity contribution in [2.75, 3.05) is 19.0 Å². The third-order valence-electron chi connectivity index (χ3n) is 3.48. The predicted octanol–water partition coefficient (Wildman–Crippen LogP) is 4.74. The average molecular weight is 354 g/mol. The van der Waals surface area contributed by atoms with Gasteiger partial charge in [-0.05, 0) is 31.2 Å². The maximum absolute atomic E-state index is 12.3. The zero-order chi connectivity index (χ0) is 17.6. The minimum Gasteiger partial charge on any atom is -0.497 e. The van der Waals surface area contributed by atoms with Gasteiger partial charge in [-0.1, -0.05) is 41.7 Å². The van der Waals surface area contributed by atoms with Crippen LogP contribution in [0, 0.1) is 0 Å². The number of ether oxygens (including phenoxy) is 2. The Morgan fingerprint density at radius 1 is 1.12 bits per heavy atom. The SMILES string of the molecule is CCOC(=O)c1sc(Nc2ccc(OC)cc2)nc1-c1ccccc1. The number of nitrogens with zero attached hydrogens (tertiary/aromatic N) is 1. The monoisotopic (exact) mass is 354 g/mol. The molecule has 1 N–H and O–H groups in total. The highest BCUT2D eigenvalue weighted by atomic mass is 32.1. The normalized spacial score (nSPS) is 10.3. The van der Waals surface area contributed by atoms with Gasteiger partial charge in [0.2, 0.25) is 0 Å². The zero-order valence-electron chi connectivity index (χ0n) is 14.0. The fraction of sp³-hybridized carbons (Fsp3) is 0.158. The lowest BCUT2D eigenvalue weighted by molar-refractivity contribution is 0.0532. The lowest BCUT2D eigenvalue weighted by Gasteiger charge is -2.03. The summed E-state index contributed by atoms with van der Waals surface area (Å²) in [6.07, 6.45) is 0. The Labute approximate surface area is 150 Å². The highest BCUT2D eigenvalue weighted by Crippen LogP contribution is 2.33. The van der Waals surface area contributed by atoms with E-state index in [1.165, 1.54) is 11.3 Å². The second-order valence-corrected chi connectivity index (χ2v) is 6.14. The summed E-state index contributed by atoms with van der Waals surface area (Å²) in [6, 6.07) is 17.1. The van der Waals surface area contributed by atoms with Crippen molar-refractivity contribution in [3.63, 3.8) is 0 Å². The van der Waals surface area contributed by atoms with Gasteiger partial charge in [-0.25, -0.2) is 9.78 Å². The fourth-order valence-electron chi connectivity index (χ4n) is 2.30. The molecule has 0 aliphatic carbocycles. The second kappa shape index (κ2) is 7.81. The average Bonchev–Trinajstić information content (AvgIpc) is 3.07. The van der Waals surface area contributed by atoms with Crippen LogP contribution < -0.4 is 10.1 Å². The minimum absolute atomic E-state index is 0.326. The molecular formula is C19H18N2O3S. The number of hydrogen-bond acceptors (Lipinski definition) is 6. The van der Waals surface area contributed by atoms with Crippen LogP contribution in [0.1, 0.15) is 16.6 Å². The molecule has 0 bridgehead atoms. The summed E-state index contributed by atoms with van der Waals surface area (Å²) in [5.41, 5.74) is 2.37. The second-order valence-electron chi connectivity index (χ2n) is 5.14. The maximum atomic E-state index is 12.3. The lowest BCUT2D eigenvalue weighted by atomic mass is 10.1. The Morgan fingerprint density at radius 3 is 2.48 bits per heavy atom. The first-order chi connectivity index (χ1) is 12.2. The number of thiazole rings is 1. The van der Waals surface area contributed by atoms with Crippen molar-refractivity contribution in [2.24, 2.45) is 0 Å². The molecule has 0 amide bonds. The molecule has 0 fully saturated rings. The summed E-state index contributed by atoms with van der Waals surface area (Å²) < 4.78 is 10.3. The number of anilines is 2. The first kappa shape index (κ1) is 17.0. The maximum Gasteiger partial charge on any atom is 0.350 e. The molecule has 0 aliphatic heterocycles. The Kier molecular flexibility index (Phi) is 5.30. The van der Waals surface area contributed by atoms with Crippen molar-refractivity contribution in [1.29, 1.82) is 0 Å². The van der Waals surface area contributed by atoms with Gasteiger partial charge in [-0.15, -0.1) is 0 Å². The van der Waals surface area contributed by atoms with E-state index in [1.54, 1.807) is 14.0 Å². The molecule has 0 saturated carbocycles. The predicted molar refractivity (Wildman–Crippen MR) is 99.8 cm³/mol. The molecule has 0 radical (unpaired) electrons. The molecule has 1 heterocycles. The molecule has 6 heteroatoms. The molecule has 0 atom stereocenters. The van der Waals surface area contributed by atoms with Crippen LogP contribution in [0.3, 0.4) is 0 Å². The van der Waals surface area contributed by atoms with E-state index in [2.05, 4.69) is 10.3 Å². The van der Waals surface area contributed by atoms with Crippen molar-refractivity contribution in [1.82, 2.24) is 4.98 Å². The Bertz CT molecular complexity index is 845. The van der Waals surface area contributed by atoms with Crippen LogP contribution in [0.2, 0.25) is 0 Å². The van der Waals surface area contributed by atoms with E-state index in [0.717, 1.165) is 17.0 Å². The molecule has 0 aliphatic rings. The van der Waals surface area contributed by atoms with Gasteiger partial charge in [-0.2, -0.15) is 0 Å². The Hall–Kier alpha value is -2.86.